The first kappa shape index (κ1) is 18.6. The highest BCUT2D eigenvalue weighted by molar-refractivity contribution is 5.80. The Labute approximate surface area is 143 Å². The van der Waals surface area contributed by atoms with Crippen LogP contribution in [0.5, 0.6) is 0 Å². The van der Waals surface area contributed by atoms with Gasteiger partial charge in [-0.3, -0.25) is 4.99 Å². The van der Waals surface area contributed by atoms with E-state index < -0.39 is 0 Å². The lowest BCUT2D eigenvalue weighted by molar-refractivity contribution is 0.162. The number of guanidine groups is 1. The predicted molar refractivity (Wildman–Crippen MR) is 100.0 cm³/mol. The van der Waals surface area contributed by atoms with Crippen molar-refractivity contribution in [2.24, 2.45) is 22.2 Å². The Morgan fingerprint density at radius 1 is 1.30 bits per heavy atom. The van der Waals surface area contributed by atoms with Gasteiger partial charge in [-0.15, -0.1) is 0 Å². The summed E-state index contributed by atoms with van der Waals surface area (Å²) >= 11 is 0. The number of aliphatic imine (C=N–C) groups is 1. The molecule has 1 atom stereocenters. The molecule has 2 fully saturated rings. The van der Waals surface area contributed by atoms with Crippen LogP contribution < -0.4 is 5.32 Å². The number of hydrogen-bond donors (Lipinski definition) is 1. The molecule has 2 saturated heterocycles. The van der Waals surface area contributed by atoms with E-state index in [9.17, 15) is 0 Å². The van der Waals surface area contributed by atoms with E-state index in [4.69, 9.17) is 4.99 Å². The maximum Gasteiger partial charge on any atom is 0.193 e. The summed E-state index contributed by atoms with van der Waals surface area (Å²) < 4.78 is 0. The van der Waals surface area contributed by atoms with Gasteiger partial charge in [-0.1, -0.05) is 27.7 Å². The molecular weight excluding hydrogens is 284 g/mol. The van der Waals surface area contributed by atoms with Gasteiger partial charge >= 0.3 is 0 Å². The highest BCUT2D eigenvalue weighted by atomic mass is 15.3. The highest BCUT2D eigenvalue weighted by Crippen LogP contribution is 2.28. The zero-order valence-electron chi connectivity index (χ0n) is 16.1. The SMILES string of the molecule is CCNC(=NCC1CCCN(CC(C)C)C1)N1CCC(C)(C)C1. The van der Waals surface area contributed by atoms with Crippen molar-refractivity contribution in [3.8, 4) is 0 Å². The Morgan fingerprint density at radius 2 is 2.09 bits per heavy atom. The molecule has 2 rings (SSSR count). The van der Waals surface area contributed by atoms with Crippen LogP contribution in [0.25, 0.3) is 0 Å². The van der Waals surface area contributed by atoms with E-state index in [2.05, 4.69) is 49.7 Å². The van der Waals surface area contributed by atoms with Crippen molar-refractivity contribution in [3.05, 3.63) is 0 Å². The Hall–Kier alpha value is -0.770. The zero-order chi connectivity index (χ0) is 16.9. The van der Waals surface area contributed by atoms with Crippen LogP contribution in [0.3, 0.4) is 0 Å². The molecule has 2 aliphatic heterocycles. The summed E-state index contributed by atoms with van der Waals surface area (Å²) in [4.78, 5) is 10.1. The lowest BCUT2D eigenvalue weighted by Gasteiger charge is -2.33. The molecule has 0 aliphatic carbocycles. The Kier molecular flexibility index (Phi) is 6.75. The van der Waals surface area contributed by atoms with E-state index in [-0.39, 0.29) is 0 Å². The Bertz CT molecular complexity index is 389. The first-order valence-electron chi connectivity index (χ1n) is 9.65. The van der Waals surface area contributed by atoms with Crippen molar-refractivity contribution in [3.63, 3.8) is 0 Å². The van der Waals surface area contributed by atoms with Gasteiger partial charge < -0.3 is 15.1 Å². The average Bonchev–Trinajstić information content (AvgIpc) is 2.83. The lowest BCUT2D eigenvalue weighted by Crippen LogP contribution is -2.42. The minimum atomic E-state index is 0.426. The van der Waals surface area contributed by atoms with Gasteiger partial charge in [0.1, 0.15) is 0 Å². The van der Waals surface area contributed by atoms with Gasteiger partial charge in [-0.05, 0) is 50.0 Å². The number of rotatable bonds is 5. The van der Waals surface area contributed by atoms with Gasteiger partial charge in [0, 0.05) is 39.3 Å². The first-order valence-corrected chi connectivity index (χ1v) is 9.65. The van der Waals surface area contributed by atoms with Crippen LogP contribution in [-0.4, -0.2) is 61.6 Å². The van der Waals surface area contributed by atoms with Crippen molar-refractivity contribution in [2.75, 3.05) is 45.8 Å². The van der Waals surface area contributed by atoms with Gasteiger partial charge in [0.2, 0.25) is 0 Å². The van der Waals surface area contributed by atoms with Crippen molar-refractivity contribution >= 4 is 5.96 Å². The van der Waals surface area contributed by atoms with E-state index in [1.54, 1.807) is 0 Å². The number of nitrogens with one attached hydrogen (secondary N) is 1. The molecule has 0 aromatic rings. The van der Waals surface area contributed by atoms with E-state index >= 15 is 0 Å². The first-order chi connectivity index (χ1) is 10.9. The van der Waals surface area contributed by atoms with Gasteiger partial charge in [0.25, 0.3) is 0 Å². The molecule has 4 heteroatoms. The third-order valence-electron chi connectivity index (χ3n) is 5.04. The van der Waals surface area contributed by atoms with Crippen molar-refractivity contribution in [1.82, 2.24) is 15.1 Å². The highest BCUT2D eigenvalue weighted by Gasteiger charge is 2.31. The van der Waals surface area contributed by atoms with Crippen molar-refractivity contribution in [2.45, 2.75) is 53.9 Å². The normalized spacial score (nSPS) is 26.1. The van der Waals surface area contributed by atoms with Crippen molar-refractivity contribution < 1.29 is 0 Å². The van der Waals surface area contributed by atoms with E-state index in [1.807, 2.05) is 0 Å². The smallest absolute Gasteiger partial charge is 0.193 e. The molecule has 1 N–H and O–H groups in total. The third-order valence-corrected chi connectivity index (χ3v) is 5.04. The molecule has 0 saturated carbocycles. The molecule has 1 unspecified atom stereocenters. The number of likely N-dealkylation sites (tertiary alicyclic amines) is 2. The number of nitrogens with zero attached hydrogens (tertiary/aromatic N) is 3. The number of hydrogen-bond acceptors (Lipinski definition) is 2. The second-order valence-corrected chi connectivity index (χ2v) is 8.69. The fourth-order valence-corrected chi connectivity index (χ4v) is 3.92. The molecule has 2 aliphatic rings. The summed E-state index contributed by atoms with van der Waals surface area (Å²) in [5.41, 5.74) is 0.426. The Morgan fingerprint density at radius 3 is 2.70 bits per heavy atom. The van der Waals surface area contributed by atoms with E-state index in [0.29, 0.717) is 5.41 Å². The van der Waals surface area contributed by atoms with Crippen LogP contribution in [0, 0.1) is 17.3 Å². The van der Waals surface area contributed by atoms with Gasteiger partial charge in [-0.2, -0.15) is 0 Å². The quantitative estimate of drug-likeness (QED) is 0.623. The van der Waals surface area contributed by atoms with Crippen LogP contribution in [0.1, 0.15) is 53.9 Å². The van der Waals surface area contributed by atoms with Crippen LogP contribution in [0.2, 0.25) is 0 Å². The van der Waals surface area contributed by atoms with Gasteiger partial charge in [0.05, 0.1) is 0 Å². The second-order valence-electron chi connectivity index (χ2n) is 8.69. The molecule has 2 heterocycles. The number of piperidine rings is 1. The van der Waals surface area contributed by atoms with Gasteiger partial charge in [0.15, 0.2) is 5.96 Å². The summed E-state index contributed by atoms with van der Waals surface area (Å²) in [5.74, 6) is 2.63. The third kappa shape index (κ3) is 5.98. The largest absolute Gasteiger partial charge is 0.357 e. The van der Waals surface area contributed by atoms with Crippen LogP contribution in [-0.2, 0) is 0 Å². The molecule has 0 radical (unpaired) electrons. The summed E-state index contributed by atoms with van der Waals surface area (Å²) in [6.45, 7) is 19.5. The fraction of sp³-hybridized carbons (Fsp3) is 0.947. The molecule has 134 valence electrons. The van der Waals surface area contributed by atoms with Crippen LogP contribution >= 0.6 is 0 Å². The minimum absolute atomic E-state index is 0.426. The molecule has 0 amide bonds. The summed E-state index contributed by atoms with van der Waals surface area (Å²) in [5, 5.41) is 3.51. The topological polar surface area (TPSA) is 30.9 Å². The maximum atomic E-state index is 5.00. The zero-order valence-corrected chi connectivity index (χ0v) is 16.1. The van der Waals surface area contributed by atoms with Crippen LogP contribution in [0.15, 0.2) is 4.99 Å². The monoisotopic (exact) mass is 322 g/mol. The molecule has 4 nitrogen and oxygen atoms in total. The molecular formula is C19H38N4. The lowest BCUT2D eigenvalue weighted by atomic mass is 9.93. The second kappa shape index (κ2) is 8.36. The fourth-order valence-electron chi connectivity index (χ4n) is 3.92. The standard InChI is InChI=1S/C19H38N4/c1-6-20-18(23-11-9-19(4,5)15-23)21-12-17-8-7-10-22(14-17)13-16(2)3/h16-17H,6-15H2,1-5H3,(H,20,21). The molecule has 23 heavy (non-hydrogen) atoms. The van der Waals surface area contributed by atoms with Gasteiger partial charge in [-0.25, -0.2) is 0 Å². The molecule has 0 bridgehead atoms. The maximum absolute atomic E-state index is 5.00. The average molecular weight is 323 g/mol. The van der Waals surface area contributed by atoms with Crippen molar-refractivity contribution in [1.29, 1.82) is 0 Å². The molecule has 0 aromatic carbocycles. The molecule has 0 aromatic heterocycles. The Balaban J connectivity index is 1.89. The minimum Gasteiger partial charge on any atom is -0.357 e. The van der Waals surface area contributed by atoms with Crippen LogP contribution in [0.4, 0.5) is 0 Å². The summed E-state index contributed by atoms with van der Waals surface area (Å²) in [7, 11) is 0. The molecule has 0 spiro atoms. The van der Waals surface area contributed by atoms with E-state index in [0.717, 1.165) is 44.0 Å². The summed E-state index contributed by atoms with van der Waals surface area (Å²) in [6.07, 6.45) is 3.94. The summed E-state index contributed by atoms with van der Waals surface area (Å²) in [6, 6.07) is 0. The van der Waals surface area contributed by atoms with E-state index in [1.165, 1.54) is 38.9 Å². The predicted octanol–water partition coefficient (Wildman–Crippen LogP) is 3.05.